The molecule has 0 atom stereocenters. The van der Waals surface area contributed by atoms with Crippen LogP contribution < -0.4 is 9.64 Å². The Hall–Kier alpha value is -2.37. The lowest BCUT2D eigenvalue weighted by Gasteiger charge is -2.31. The Kier molecular flexibility index (Phi) is 7.07. The van der Waals surface area contributed by atoms with Crippen molar-refractivity contribution >= 4 is 37.9 Å². The van der Waals surface area contributed by atoms with Crippen LogP contribution >= 0.6 is 22.9 Å². The number of ether oxygens (including phenoxy) is 1. The zero-order valence-electron chi connectivity index (χ0n) is 17.6. The third-order valence-corrected chi connectivity index (χ3v) is 8.96. The molecule has 182 valence electrons. The summed E-state index contributed by atoms with van der Waals surface area (Å²) in [6.07, 6.45) is -3.61. The molecule has 1 aliphatic heterocycles. The van der Waals surface area contributed by atoms with Crippen LogP contribution in [0.2, 0.25) is 5.02 Å². The van der Waals surface area contributed by atoms with Crippen molar-refractivity contribution in [2.45, 2.75) is 35.8 Å². The monoisotopic (exact) mass is 534 g/mol. The van der Waals surface area contributed by atoms with E-state index in [1.54, 1.807) is 12.1 Å². The van der Waals surface area contributed by atoms with Gasteiger partial charge in [0.05, 0.1) is 20.9 Å². The van der Waals surface area contributed by atoms with E-state index in [9.17, 15) is 26.0 Å². The van der Waals surface area contributed by atoms with Gasteiger partial charge in [0, 0.05) is 24.9 Å². The molecule has 0 bridgehead atoms. The lowest BCUT2D eigenvalue weighted by Crippen LogP contribution is -2.39. The number of benzene rings is 2. The Morgan fingerprint density at radius 3 is 2.41 bits per heavy atom. The van der Waals surface area contributed by atoms with Crippen molar-refractivity contribution < 1.29 is 30.7 Å². The van der Waals surface area contributed by atoms with Crippen molar-refractivity contribution in [2.75, 3.05) is 18.0 Å². The Morgan fingerprint density at radius 1 is 1.12 bits per heavy atom. The molecule has 1 aliphatic rings. The average Bonchev–Trinajstić information content (AvgIpc) is 3.24. The SMILES string of the molecule is O=S(=O)(c1ccc(OC(F)(F)F)cc1)C1CCN(c2nc(Cc3ccc(F)c(Cl)c3)cs2)CC1. The number of hydrogen-bond acceptors (Lipinski definition) is 6. The molecule has 2 aromatic carbocycles. The molecule has 0 unspecified atom stereocenters. The number of hydrogen-bond donors (Lipinski definition) is 0. The molecule has 4 rings (SSSR count). The highest BCUT2D eigenvalue weighted by Gasteiger charge is 2.33. The minimum Gasteiger partial charge on any atom is -0.406 e. The molecular formula is C22H19ClF4N2O3S2. The highest BCUT2D eigenvalue weighted by atomic mass is 35.5. The predicted molar refractivity (Wildman–Crippen MR) is 122 cm³/mol. The second-order valence-corrected chi connectivity index (χ2v) is 11.3. The fourth-order valence-electron chi connectivity index (χ4n) is 3.76. The zero-order valence-corrected chi connectivity index (χ0v) is 19.9. The number of anilines is 1. The molecule has 1 aromatic heterocycles. The van der Waals surface area contributed by atoms with E-state index < -0.39 is 33.0 Å². The fourth-order valence-corrected chi connectivity index (χ4v) is 6.58. The molecule has 34 heavy (non-hydrogen) atoms. The molecule has 0 saturated carbocycles. The van der Waals surface area contributed by atoms with Gasteiger partial charge in [0.25, 0.3) is 0 Å². The van der Waals surface area contributed by atoms with Gasteiger partial charge in [-0.1, -0.05) is 17.7 Å². The van der Waals surface area contributed by atoms with Gasteiger partial charge in [-0.25, -0.2) is 17.8 Å². The summed E-state index contributed by atoms with van der Waals surface area (Å²) in [5.74, 6) is -0.948. The zero-order chi connectivity index (χ0) is 24.5. The van der Waals surface area contributed by atoms with Crippen molar-refractivity contribution in [3.05, 3.63) is 69.9 Å². The van der Waals surface area contributed by atoms with E-state index in [-0.39, 0.29) is 9.92 Å². The van der Waals surface area contributed by atoms with Crippen LogP contribution in [0, 0.1) is 5.82 Å². The number of piperidine rings is 1. The lowest BCUT2D eigenvalue weighted by molar-refractivity contribution is -0.274. The van der Waals surface area contributed by atoms with Crippen molar-refractivity contribution in [3.63, 3.8) is 0 Å². The molecule has 0 spiro atoms. The first-order valence-corrected chi connectivity index (χ1v) is 13.0. The molecule has 5 nitrogen and oxygen atoms in total. The Morgan fingerprint density at radius 2 is 1.79 bits per heavy atom. The number of thiazole rings is 1. The summed E-state index contributed by atoms with van der Waals surface area (Å²) in [5, 5.41) is 2.09. The number of alkyl halides is 3. The quantitative estimate of drug-likeness (QED) is 0.370. The van der Waals surface area contributed by atoms with Gasteiger partial charge in [0.1, 0.15) is 11.6 Å². The first-order chi connectivity index (χ1) is 16.0. The third-order valence-electron chi connectivity index (χ3n) is 5.45. The first kappa shape index (κ1) is 24.7. The topological polar surface area (TPSA) is 59.5 Å². The molecule has 2 heterocycles. The molecule has 1 fully saturated rings. The summed E-state index contributed by atoms with van der Waals surface area (Å²) in [5.41, 5.74) is 1.64. The van der Waals surface area contributed by atoms with E-state index in [1.165, 1.54) is 17.4 Å². The van der Waals surface area contributed by atoms with Gasteiger partial charge in [-0.15, -0.1) is 24.5 Å². The second-order valence-electron chi connectivity index (χ2n) is 7.80. The van der Waals surface area contributed by atoms with Crippen molar-refractivity contribution in [3.8, 4) is 5.75 Å². The summed E-state index contributed by atoms with van der Waals surface area (Å²) < 4.78 is 80.0. The van der Waals surface area contributed by atoms with Crippen LogP contribution in [-0.4, -0.2) is 38.1 Å². The molecule has 0 aliphatic carbocycles. The van der Waals surface area contributed by atoms with E-state index >= 15 is 0 Å². The van der Waals surface area contributed by atoms with Crippen molar-refractivity contribution in [1.29, 1.82) is 0 Å². The van der Waals surface area contributed by atoms with Gasteiger partial charge in [0.2, 0.25) is 0 Å². The maximum Gasteiger partial charge on any atom is 0.573 e. The lowest BCUT2D eigenvalue weighted by atomic mass is 10.1. The predicted octanol–water partition coefficient (Wildman–Crippen LogP) is 5.87. The average molecular weight is 535 g/mol. The van der Waals surface area contributed by atoms with Crippen LogP contribution in [0.5, 0.6) is 5.75 Å². The van der Waals surface area contributed by atoms with Crippen LogP contribution in [0.15, 0.2) is 52.7 Å². The normalized spacial score (nSPS) is 15.5. The van der Waals surface area contributed by atoms with E-state index in [1.807, 2.05) is 10.3 Å². The van der Waals surface area contributed by atoms with Gasteiger partial charge in [0.15, 0.2) is 15.0 Å². The van der Waals surface area contributed by atoms with Crippen LogP contribution in [0.4, 0.5) is 22.7 Å². The Bertz CT molecular complexity index is 1260. The summed E-state index contributed by atoms with van der Waals surface area (Å²) in [6.45, 7) is 0.961. The molecule has 1 saturated heterocycles. The first-order valence-electron chi connectivity index (χ1n) is 10.2. The smallest absolute Gasteiger partial charge is 0.406 e. The number of halogens is 5. The summed E-state index contributed by atoms with van der Waals surface area (Å²) in [7, 11) is -3.69. The van der Waals surface area contributed by atoms with Crippen molar-refractivity contribution in [1.82, 2.24) is 4.98 Å². The number of rotatable bonds is 6. The van der Waals surface area contributed by atoms with E-state index in [4.69, 9.17) is 11.6 Å². The number of sulfone groups is 1. The molecule has 0 amide bonds. The molecule has 12 heteroatoms. The van der Waals surface area contributed by atoms with E-state index in [0.717, 1.165) is 40.7 Å². The minimum atomic E-state index is -4.84. The summed E-state index contributed by atoms with van der Waals surface area (Å²) in [4.78, 5) is 6.60. The molecule has 3 aromatic rings. The van der Waals surface area contributed by atoms with Gasteiger partial charge in [-0.2, -0.15) is 0 Å². The van der Waals surface area contributed by atoms with Crippen LogP contribution in [-0.2, 0) is 16.3 Å². The van der Waals surface area contributed by atoms with Gasteiger partial charge in [-0.3, -0.25) is 0 Å². The molecular weight excluding hydrogens is 516 g/mol. The van der Waals surface area contributed by atoms with E-state index in [0.29, 0.717) is 32.4 Å². The molecule has 0 N–H and O–H groups in total. The van der Waals surface area contributed by atoms with E-state index in [2.05, 4.69) is 9.72 Å². The maximum atomic E-state index is 13.3. The third kappa shape index (κ3) is 5.81. The summed E-state index contributed by atoms with van der Waals surface area (Å²) >= 11 is 7.28. The number of nitrogens with zero attached hydrogens (tertiary/aromatic N) is 2. The largest absolute Gasteiger partial charge is 0.573 e. The van der Waals surface area contributed by atoms with Crippen LogP contribution in [0.3, 0.4) is 0 Å². The highest BCUT2D eigenvalue weighted by molar-refractivity contribution is 7.92. The van der Waals surface area contributed by atoms with Gasteiger partial charge < -0.3 is 9.64 Å². The standard InChI is InChI=1S/C22H19ClF4N2O3S2/c23-19-12-14(1-6-20(19)24)11-15-13-33-21(28-15)29-9-7-18(8-10-29)34(30,31)17-4-2-16(3-5-17)32-22(25,26)27/h1-6,12-13,18H,7-11H2. The molecule has 0 radical (unpaired) electrons. The van der Waals surface area contributed by atoms with Crippen LogP contribution in [0.1, 0.15) is 24.1 Å². The van der Waals surface area contributed by atoms with Crippen molar-refractivity contribution in [2.24, 2.45) is 0 Å². The van der Waals surface area contributed by atoms with Crippen LogP contribution in [0.25, 0.3) is 0 Å². The maximum absolute atomic E-state index is 13.3. The number of aromatic nitrogens is 1. The van der Waals surface area contributed by atoms with Gasteiger partial charge >= 0.3 is 6.36 Å². The highest BCUT2D eigenvalue weighted by Crippen LogP contribution is 2.31. The fraction of sp³-hybridized carbons (Fsp3) is 0.318. The Balaban J connectivity index is 1.37. The minimum absolute atomic E-state index is 0.0324. The Labute approximate surface area is 202 Å². The second kappa shape index (κ2) is 9.71. The summed E-state index contributed by atoms with van der Waals surface area (Å²) in [6, 6.07) is 8.80. The van der Waals surface area contributed by atoms with Gasteiger partial charge in [-0.05, 0) is 54.8 Å².